The Hall–Kier alpha value is -1.06. The van der Waals surface area contributed by atoms with Crippen molar-refractivity contribution in [3.05, 3.63) is 29.8 Å². The fraction of sp³-hybridized carbons (Fsp3) is 0.600. The van der Waals surface area contributed by atoms with Crippen LogP contribution in [0, 0.1) is 0 Å². The van der Waals surface area contributed by atoms with Gasteiger partial charge in [-0.25, -0.2) is 0 Å². The Morgan fingerprint density at radius 2 is 2.17 bits per heavy atom. The lowest BCUT2D eigenvalue weighted by Crippen LogP contribution is -2.40. The molecule has 3 heteroatoms. The Balaban J connectivity index is 2.21. The summed E-state index contributed by atoms with van der Waals surface area (Å²) in [4.78, 5) is 2.46. The fourth-order valence-corrected chi connectivity index (χ4v) is 2.65. The van der Waals surface area contributed by atoms with Crippen LogP contribution in [0.3, 0.4) is 0 Å². The van der Waals surface area contributed by atoms with Gasteiger partial charge in [0.25, 0.3) is 0 Å². The molecule has 0 aromatic heterocycles. The first-order valence-corrected chi connectivity index (χ1v) is 6.80. The van der Waals surface area contributed by atoms with Crippen molar-refractivity contribution in [1.29, 1.82) is 0 Å². The molecule has 2 rings (SSSR count). The molecule has 1 aliphatic rings. The van der Waals surface area contributed by atoms with Crippen molar-refractivity contribution >= 4 is 5.69 Å². The number of ether oxygens (including phenoxy) is 1. The minimum atomic E-state index is 0.372. The number of benzene rings is 1. The van der Waals surface area contributed by atoms with Gasteiger partial charge in [0.1, 0.15) is 0 Å². The summed E-state index contributed by atoms with van der Waals surface area (Å²) >= 11 is 0. The normalized spacial score (nSPS) is 21.9. The zero-order chi connectivity index (χ0) is 13.0. The average Bonchev–Trinajstić information content (AvgIpc) is 2.46. The standard InChI is InChI=1S/C15H24N2O/c1-12(16-2)14-8-4-5-9-15(14)17-10-6-7-13(11-17)18-3/h4-5,8-9,12-13,16H,6-7,10-11H2,1-3H3. The zero-order valence-corrected chi connectivity index (χ0v) is 11.6. The van der Waals surface area contributed by atoms with Gasteiger partial charge >= 0.3 is 0 Å². The van der Waals surface area contributed by atoms with E-state index < -0.39 is 0 Å². The van der Waals surface area contributed by atoms with Crippen LogP contribution in [0.1, 0.15) is 31.4 Å². The van der Waals surface area contributed by atoms with Gasteiger partial charge in [-0.1, -0.05) is 18.2 Å². The zero-order valence-electron chi connectivity index (χ0n) is 11.6. The van der Waals surface area contributed by atoms with E-state index in [1.165, 1.54) is 24.1 Å². The van der Waals surface area contributed by atoms with Gasteiger partial charge in [-0.3, -0.25) is 0 Å². The van der Waals surface area contributed by atoms with E-state index in [1.54, 1.807) is 0 Å². The van der Waals surface area contributed by atoms with E-state index >= 15 is 0 Å². The molecule has 1 saturated heterocycles. The van der Waals surface area contributed by atoms with Crippen molar-refractivity contribution in [2.24, 2.45) is 0 Å². The summed E-state index contributed by atoms with van der Waals surface area (Å²) in [5.41, 5.74) is 2.72. The number of hydrogen-bond acceptors (Lipinski definition) is 3. The highest BCUT2D eigenvalue weighted by atomic mass is 16.5. The molecule has 0 aliphatic carbocycles. The largest absolute Gasteiger partial charge is 0.380 e. The Morgan fingerprint density at radius 1 is 1.39 bits per heavy atom. The summed E-state index contributed by atoms with van der Waals surface area (Å²) in [6.07, 6.45) is 2.76. The van der Waals surface area contributed by atoms with Gasteiger partial charge in [-0.15, -0.1) is 0 Å². The molecule has 1 aromatic rings. The predicted octanol–water partition coefficient (Wildman–Crippen LogP) is 2.58. The average molecular weight is 248 g/mol. The van der Waals surface area contributed by atoms with Crippen LogP contribution < -0.4 is 10.2 Å². The lowest BCUT2D eigenvalue weighted by atomic mass is 10.0. The second kappa shape index (κ2) is 6.21. The Bertz CT molecular complexity index is 381. The minimum Gasteiger partial charge on any atom is -0.380 e. The SMILES string of the molecule is CNC(C)c1ccccc1N1CCCC(OC)C1. The molecule has 0 radical (unpaired) electrons. The summed E-state index contributed by atoms with van der Waals surface area (Å²) in [5, 5.41) is 3.33. The molecule has 0 spiro atoms. The summed E-state index contributed by atoms with van der Waals surface area (Å²) < 4.78 is 5.51. The summed E-state index contributed by atoms with van der Waals surface area (Å²) in [5.74, 6) is 0. The molecule has 0 saturated carbocycles. The number of nitrogens with zero attached hydrogens (tertiary/aromatic N) is 1. The van der Waals surface area contributed by atoms with Crippen LogP contribution in [0.5, 0.6) is 0 Å². The number of anilines is 1. The van der Waals surface area contributed by atoms with Gasteiger partial charge in [-0.05, 0) is 38.4 Å². The molecule has 1 aromatic carbocycles. The monoisotopic (exact) mass is 248 g/mol. The van der Waals surface area contributed by atoms with E-state index in [0.29, 0.717) is 12.1 Å². The summed E-state index contributed by atoms with van der Waals surface area (Å²) in [7, 11) is 3.83. The van der Waals surface area contributed by atoms with Gasteiger partial charge < -0.3 is 15.0 Å². The number of hydrogen-bond donors (Lipinski definition) is 1. The highest BCUT2D eigenvalue weighted by molar-refractivity contribution is 5.55. The topological polar surface area (TPSA) is 24.5 Å². The van der Waals surface area contributed by atoms with E-state index in [2.05, 4.69) is 41.4 Å². The number of rotatable bonds is 4. The molecule has 2 atom stereocenters. The third kappa shape index (κ3) is 2.85. The molecule has 1 heterocycles. The summed E-state index contributed by atoms with van der Waals surface area (Å²) in [6, 6.07) is 9.06. The van der Waals surface area contributed by atoms with Crippen molar-refractivity contribution < 1.29 is 4.74 Å². The second-order valence-electron chi connectivity index (χ2n) is 5.02. The first kappa shape index (κ1) is 13.4. The van der Waals surface area contributed by atoms with Crippen LogP contribution in [-0.4, -0.2) is 33.4 Å². The lowest BCUT2D eigenvalue weighted by molar-refractivity contribution is 0.0893. The number of para-hydroxylation sites is 1. The number of piperidine rings is 1. The fourth-order valence-electron chi connectivity index (χ4n) is 2.65. The van der Waals surface area contributed by atoms with Gasteiger partial charge in [0.05, 0.1) is 6.10 Å². The highest BCUT2D eigenvalue weighted by Crippen LogP contribution is 2.28. The van der Waals surface area contributed by atoms with Gasteiger partial charge in [0.15, 0.2) is 0 Å². The Kier molecular flexibility index (Phi) is 4.61. The van der Waals surface area contributed by atoms with Crippen molar-refractivity contribution in [2.45, 2.75) is 31.9 Å². The molecule has 0 amide bonds. The molecule has 0 bridgehead atoms. The van der Waals surface area contributed by atoms with Crippen LogP contribution >= 0.6 is 0 Å². The van der Waals surface area contributed by atoms with Gasteiger partial charge in [0.2, 0.25) is 0 Å². The smallest absolute Gasteiger partial charge is 0.0746 e. The van der Waals surface area contributed by atoms with Gasteiger partial charge in [0, 0.05) is 31.9 Å². The van der Waals surface area contributed by atoms with Crippen LogP contribution in [0.4, 0.5) is 5.69 Å². The summed E-state index contributed by atoms with van der Waals surface area (Å²) in [6.45, 7) is 4.34. The number of methoxy groups -OCH3 is 1. The quantitative estimate of drug-likeness (QED) is 0.886. The lowest BCUT2D eigenvalue weighted by Gasteiger charge is -2.35. The molecular weight excluding hydrogens is 224 g/mol. The maximum Gasteiger partial charge on any atom is 0.0746 e. The molecule has 2 unspecified atom stereocenters. The third-order valence-corrected chi connectivity index (χ3v) is 3.89. The van der Waals surface area contributed by atoms with Crippen molar-refractivity contribution in [2.75, 3.05) is 32.1 Å². The predicted molar refractivity (Wildman–Crippen MR) is 76.2 cm³/mol. The van der Waals surface area contributed by atoms with Crippen molar-refractivity contribution in [1.82, 2.24) is 5.32 Å². The molecule has 3 nitrogen and oxygen atoms in total. The van der Waals surface area contributed by atoms with Crippen molar-refractivity contribution in [3.8, 4) is 0 Å². The number of nitrogens with one attached hydrogen (secondary N) is 1. The van der Waals surface area contributed by atoms with Crippen LogP contribution in [0.2, 0.25) is 0 Å². The van der Waals surface area contributed by atoms with E-state index in [1.807, 2.05) is 14.2 Å². The molecule has 1 fully saturated rings. The van der Waals surface area contributed by atoms with Crippen LogP contribution in [-0.2, 0) is 4.74 Å². The molecule has 1 N–H and O–H groups in total. The van der Waals surface area contributed by atoms with E-state index in [-0.39, 0.29) is 0 Å². The second-order valence-corrected chi connectivity index (χ2v) is 5.02. The molecule has 18 heavy (non-hydrogen) atoms. The van der Waals surface area contributed by atoms with Crippen molar-refractivity contribution in [3.63, 3.8) is 0 Å². The first-order valence-electron chi connectivity index (χ1n) is 6.80. The van der Waals surface area contributed by atoms with E-state index in [0.717, 1.165) is 13.1 Å². The molecular formula is C15H24N2O. The van der Waals surface area contributed by atoms with E-state index in [9.17, 15) is 0 Å². The van der Waals surface area contributed by atoms with Gasteiger partial charge in [-0.2, -0.15) is 0 Å². The van der Waals surface area contributed by atoms with E-state index in [4.69, 9.17) is 4.74 Å². The Labute approximate surface area is 110 Å². The minimum absolute atomic E-state index is 0.372. The maximum atomic E-state index is 5.51. The Morgan fingerprint density at radius 3 is 2.89 bits per heavy atom. The van der Waals surface area contributed by atoms with Crippen LogP contribution in [0.25, 0.3) is 0 Å². The van der Waals surface area contributed by atoms with Crippen LogP contribution in [0.15, 0.2) is 24.3 Å². The molecule has 1 aliphatic heterocycles. The first-order chi connectivity index (χ1) is 8.76. The third-order valence-electron chi connectivity index (χ3n) is 3.89. The maximum absolute atomic E-state index is 5.51. The highest BCUT2D eigenvalue weighted by Gasteiger charge is 2.22. The molecule has 100 valence electrons.